The Labute approximate surface area is 95.3 Å². The Morgan fingerprint density at radius 2 is 2.19 bits per heavy atom. The van der Waals surface area contributed by atoms with Gasteiger partial charge in [0.15, 0.2) is 0 Å². The molecule has 1 aromatic heterocycles. The summed E-state index contributed by atoms with van der Waals surface area (Å²) >= 11 is 0. The van der Waals surface area contributed by atoms with E-state index in [1.54, 1.807) is 12.3 Å². The predicted molar refractivity (Wildman–Crippen MR) is 61.5 cm³/mol. The summed E-state index contributed by atoms with van der Waals surface area (Å²) in [6.45, 7) is 3.07. The fourth-order valence-electron chi connectivity index (χ4n) is 2.02. The molecule has 1 fully saturated rings. The topological polar surface area (TPSA) is 75.3 Å². The highest BCUT2D eigenvalue weighted by Gasteiger charge is 2.18. The summed E-state index contributed by atoms with van der Waals surface area (Å²) in [4.78, 5) is 10.7. The van der Waals surface area contributed by atoms with E-state index >= 15 is 0 Å². The zero-order valence-electron chi connectivity index (χ0n) is 9.34. The summed E-state index contributed by atoms with van der Waals surface area (Å²) in [5, 5.41) is 9.04. The quantitative estimate of drug-likeness (QED) is 0.767. The third-order valence-electron chi connectivity index (χ3n) is 3.06. The van der Waals surface area contributed by atoms with Crippen molar-refractivity contribution in [3.63, 3.8) is 0 Å². The number of anilines is 1. The van der Waals surface area contributed by atoms with Crippen LogP contribution in [0.2, 0.25) is 0 Å². The average molecular weight is 222 g/mol. The molecule has 2 heterocycles. The van der Waals surface area contributed by atoms with Crippen molar-refractivity contribution in [2.75, 3.05) is 25.4 Å². The number of nitrogen functional groups attached to an aromatic ring is 1. The van der Waals surface area contributed by atoms with Gasteiger partial charge in [-0.3, -0.25) is 4.90 Å². The van der Waals surface area contributed by atoms with Crippen LogP contribution in [0.5, 0.6) is 0 Å². The fourth-order valence-corrected chi connectivity index (χ4v) is 2.02. The highest BCUT2D eigenvalue weighted by molar-refractivity contribution is 5.24. The van der Waals surface area contributed by atoms with Gasteiger partial charge in [-0.2, -0.15) is 0 Å². The van der Waals surface area contributed by atoms with Gasteiger partial charge in [0.2, 0.25) is 0 Å². The zero-order valence-corrected chi connectivity index (χ0v) is 9.34. The Kier molecular flexibility index (Phi) is 3.69. The molecular formula is C11H18N4O. The molecule has 0 aromatic carbocycles. The molecule has 1 aromatic rings. The van der Waals surface area contributed by atoms with Crippen molar-refractivity contribution in [3.05, 3.63) is 18.1 Å². The Morgan fingerprint density at radius 1 is 1.44 bits per heavy atom. The van der Waals surface area contributed by atoms with Crippen LogP contribution < -0.4 is 5.73 Å². The van der Waals surface area contributed by atoms with Crippen LogP contribution in [0.15, 0.2) is 12.3 Å². The van der Waals surface area contributed by atoms with E-state index in [2.05, 4.69) is 14.9 Å². The van der Waals surface area contributed by atoms with E-state index in [1.165, 1.54) is 0 Å². The second-order valence-electron chi connectivity index (χ2n) is 4.30. The Morgan fingerprint density at radius 3 is 2.81 bits per heavy atom. The monoisotopic (exact) mass is 222 g/mol. The van der Waals surface area contributed by atoms with Gasteiger partial charge in [-0.25, -0.2) is 9.97 Å². The third kappa shape index (κ3) is 2.90. The first-order valence-electron chi connectivity index (χ1n) is 5.68. The van der Waals surface area contributed by atoms with Crippen LogP contribution >= 0.6 is 0 Å². The third-order valence-corrected chi connectivity index (χ3v) is 3.06. The Balaban J connectivity index is 1.87. The summed E-state index contributed by atoms with van der Waals surface area (Å²) in [7, 11) is 0. The van der Waals surface area contributed by atoms with Gasteiger partial charge >= 0.3 is 0 Å². The van der Waals surface area contributed by atoms with Crippen molar-refractivity contribution >= 4 is 5.82 Å². The van der Waals surface area contributed by atoms with Crippen LogP contribution in [-0.4, -0.2) is 39.7 Å². The van der Waals surface area contributed by atoms with Gasteiger partial charge in [0.1, 0.15) is 11.6 Å². The second kappa shape index (κ2) is 5.23. The van der Waals surface area contributed by atoms with Gasteiger partial charge in [0.25, 0.3) is 0 Å². The van der Waals surface area contributed by atoms with Crippen LogP contribution in [0.1, 0.15) is 18.7 Å². The molecule has 3 N–H and O–H groups in total. The van der Waals surface area contributed by atoms with E-state index < -0.39 is 0 Å². The lowest BCUT2D eigenvalue weighted by molar-refractivity contribution is 0.125. The molecule has 1 saturated heterocycles. The first-order valence-corrected chi connectivity index (χ1v) is 5.68. The van der Waals surface area contributed by atoms with Crippen molar-refractivity contribution in [2.24, 2.45) is 5.92 Å². The van der Waals surface area contributed by atoms with Crippen LogP contribution in [0.25, 0.3) is 0 Å². The minimum atomic E-state index is 0.308. The number of aliphatic hydroxyl groups is 1. The number of hydrogen-bond acceptors (Lipinski definition) is 5. The van der Waals surface area contributed by atoms with Crippen LogP contribution in [0.3, 0.4) is 0 Å². The van der Waals surface area contributed by atoms with E-state index in [0.717, 1.165) is 38.3 Å². The highest BCUT2D eigenvalue weighted by Crippen LogP contribution is 2.17. The molecule has 0 unspecified atom stereocenters. The van der Waals surface area contributed by atoms with Gasteiger partial charge in [0.05, 0.1) is 6.54 Å². The maximum Gasteiger partial charge on any atom is 0.144 e. The first-order chi connectivity index (χ1) is 7.78. The Hall–Kier alpha value is -1.20. The molecule has 0 amide bonds. The van der Waals surface area contributed by atoms with E-state index in [0.29, 0.717) is 18.3 Å². The predicted octanol–water partition coefficient (Wildman–Crippen LogP) is 0.263. The van der Waals surface area contributed by atoms with Crippen molar-refractivity contribution in [3.8, 4) is 0 Å². The van der Waals surface area contributed by atoms with Crippen molar-refractivity contribution < 1.29 is 5.11 Å². The van der Waals surface area contributed by atoms with Crippen molar-refractivity contribution in [2.45, 2.75) is 19.4 Å². The van der Waals surface area contributed by atoms with E-state index in [4.69, 9.17) is 10.8 Å². The molecule has 5 heteroatoms. The van der Waals surface area contributed by atoms with Crippen LogP contribution in [-0.2, 0) is 6.54 Å². The van der Waals surface area contributed by atoms with Gasteiger partial charge in [0, 0.05) is 12.8 Å². The van der Waals surface area contributed by atoms with Gasteiger partial charge in [-0.05, 0) is 37.9 Å². The zero-order chi connectivity index (χ0) is 11.4. The molecule has 1 aliphatic rings. The lowest BCUT2D eigenvalue weighted by atomic mass is 9.98. The molecule has 88 valence electrons. The van der Waals surface area contributed by atoms with Gasteiger partial charge in [-0.1, -0.05) is 0 Å². The van der Waals surface area contributed by atoms with Gasteiger partial charge < -0.3 is 10.8 Å². The van der Waals surface area contributed by atoms with Crippen LogP contribution in [0.4, 0.5) is 5.82 Å². The number of rotatable bonds is 3. The van der Waals surface area contributed by atoms with Crippen molar-refractivity contribution in [1.29, 1.82) is 0 Å². The summed E-state index contributed by atoms with van der Waals surface area (Å²) in [5.41, 5.74) is 5.60. The summed E-state index contributed by atoms with van der Waals surface area (Å²) in [6, 6.07) is 1.70. The molecule has 0 saturated carbocycles. The minimum Gasteiger partial charge on any atom is -0.396 e. The first kappa shape index (κ1) is 11.3. The number of nitrogens with two attached hydrogens (primary N) is 1. The van der Waals surface area contributed by atoms with Gasteiger partial charge in [-0.15, -0.1) is 0 Å². The van der Waals surface area contributed by atoms with E-state index in [9.17, 15) is 0 Å². The number of hydrogen-bond donors (Lipinski definition) is 2. The maximum absolute atomic E-state index is 9.04. The van der Waals surface area contributed by atoms with E-state index in [1.807, 2.05) is 0 Å². The summed E-state index contributed by atoms with van der Waals surface area (Å²) in [5.74, 6) is 1.77. The molecule has 2 rings (SSSR count). The molecule has 0 radical (unpaired) electrons. The molecule has 16 heavy (non-hydrogen) atoms. The molecule has 0 atom stereocenters. The Bertz CT molecular complexity index is 337. The molecular weight excluding hydrogens is 204 g/mol. The number of likely N-dealkylation sites (tertiary alicyclic amines) is 1. The number of aliphatic hydroxyl groups excluding tert-OH is 1. The molecule has 0 bridgehead atoms. The van der Waals surface area contributed by atoms with Crippen molar-refractivity contribution in [1.82, 2.24) is 14.9 Å². The summed E-state index contributed by atoms with van der Waals surface area (Å²) < 4.78 is 0. The average Bonchev–Trinajstić information content (AvgIpc) is 2.30. The smallest absolute Gasteiger partial charge is 0.144 e. The molecule has 0 aliphatic carbocycles. The fraction of sp³-hybridized carbons (Fsp3) is 0.636. The lowest BCUT2D eigenvalue weighted by Crippen LogP contribution is -2.34. The lowest BCUT2D eigenvalue weighted by Gasteiger charge is -2.30. The second-order valence-corrected chi connectivity index (χ2v) is 4.30. The van der Waals surface area contributed by atoms with E-state index in [-0.39, 0.29) is 0 Å². The number of nitrogens with zero attached hydrogens (tertiary/aromatic N) is 3. The minimum absolute atomic E-state index is 0.308. The summed E-state index contributed by atoms with van der Waals surface area (Å²) in [6.07, 6.45) is 3.80. The largest absolute Gasteiger partial charge is 0.396 e. The molecule has 1 aliphatic heterocycles. The molecule has 5 nitrogen and oxygen atoms in total. The maximum atomic E-state index is 9.04. The number of aromatic nitrogens is 2. The van der Waals surface area contributed by atoms with Crippen LogP contribution in [0, 0.1) is 5.92 Å². The normalized spacial score (nSPS) is 18.8. The highest BCUT2D eigenvalue weighted by atomic mass is 16.3. The standard InChI is InChI=1S/C11H18N4O/c12-10-1-4-13-11(14-10)7-15-5-2-9(8-16)3-6-15/h1,4,9,16H,2-3,5-8H2,(H2,12,13,14). The number of piperidine rings is 1. The molecule has 0 spiro atoms. The SMILES string of the molecule is Nc1ccnc(CN2CCC(CO)CC2)n1.